The van der Waals surface area contributed by atoms with Crippen LogP contribution in [0.3, 0.4) is 0 Å². The smallest absolute Gasteiger partial charge is 0.296 e. The van der Waals surface area contributed by atoms with Crippen LogP contribution in [0.1, 0.15) is 16.7 Å². The normalized spacial score (nSPS) is 12.7. The molecule has 0 bridgehead atoms. The number of phenolic OH excluding ortho intramolecular Hbond substituents is 1. The Hall–Kier alpha value is -8.87. The molecule has 0 fully saturated rings. The van der Waals surface area contributed by atoms with Crippen LogP contribution in [0.15, 0.2) is 177 Å². The minimum Gasteiger partial charge on any atom is -0.505 e. The van der Waals surface area contributed by atoms with Crippen LogP contribution in [0, 0.1) is 6.92 Å². The number of aliphatic hydroxyl groups is 2. The van der Waals surface area contributed by atoms with E-state index in [2.05, 4.69) is 51.1 Å². The molecule has 0 aliphatic carbocycles. The Balaban J connectivity index is 0.938. The molecule has 392 valence electrons. The van der Waals surface area contributed by atoms with E-state index in [1.165, 1.54) is 79.7 Å². The maximum atomic E-state index is 12.2. The van der Waals surface area contributed by atoms with Gasteiger partial charge in [0.2, 0.25) is 0 Å². The second kappa shape index (κ2) is 21.0. The number of fused-ring (bicyclic) bond motifs is 4. The molecular formula is C49H39N11O14S3. The highest BCUT2D eigenvalue weighted by atomic mass is 32.2. The van der Waals surface area contributed by atoms with Gasteiger partial charge in [0, 0.05) is 39.4 Å². The van der Waals surface area contributed by atoms with Crippen molar-refractivity contribution in [3.8, 4) is 22.9 Å². The number of aryl methyl sites for hydroxylation is 1. The Morgan fingerprint density at radius 2 is 1.08 bits per heavy atom. The molecular weight excluding hydrogens is 1060 g/mol. The van der Waals surface area contributed by atoms with Gasteiger partial charge in [-0.15, -0.1) is 35.8 Å². The predicted octanol–water partition coefficient (Wildman–Crippen LogP) is 11.1. The van der Waals surface area contributed by atoms with Gasteiger partial charge >= 0.3 is 0 Å². The van der Waals surface area contributed by atoms with Gasteiger partial charge in [-0.3, -0.25) is 13.7 Å². The number of aromatic hydroxyl groups is 1. The monoisotopic (exact) mass is 1100 g/mol. The minimum absolute atomic E-state index is 0.0255. The van der Waals surface area contributed by atoms with Gasteiger partial charge in [-0.2, -0.15) is 45.4 Å². The van der Waals surface area contributed by atoms with E-state index in [-0.39, 0.29) is 83.6 Å². The van der Waals surface area contributed by atoms with Gasteiger partial charge in [-0.25, -0.2) is 0 Å². The second-order valence-corrected chi connectivity index (χ2v) is 20.8. The van der Waals surface area contributed by atoms with Crippen molar-refractivity contribution in [2.24, 2.45) is 40.9 Å². The van der Waals surface area contributed by atoms with E-state index in [0.29, 0.717) is 45.0 Å². The van der Waals surface area contributed by atoms with Gasteiger partial charge < -0.3 is 24.8 Å². The van der Waals surface area contributed by atoms with Crippen LogP contribution in [-0.2, 0) is 43.6 Å². The van der Waals surface area contributed by atoms with Gasteiger partial charge in [-0.05, 0) is 103 Å². The Morgan fingerprint density at radius 1 is 0.506 bits per heavy atom. The fourth-order valence-corrected chi connectivity index (χ4v) is 9.82. The first kappa shape index (κ1) is 53.0. The lowest BCUT2D eigenvalue weighted by atomic mass is 10.1. The van der Waals surface area contributed by atoms with E-state index in [0.717, 1.165) is 6.07 Å². The molecule has 0 radical (unpaired) electrons. The third-order valence-corrected chi connectivity index (χ3v) is 14.3. The third kappa shape index (κ3) is 11.1. The number of methoxy groups -OCH3 is 2. The van der Waals surface area contributed by atoms with Crippen molar-refractivity contribution < 1.29 is 63.7 Å². The highest BCUT2D eigenvalue weighted by Crippen LogP contribution is 2.42. The van der Waals surface area contributed by atoms with Gasteiger partial charge in [0.15, 0.2) is 5.75 Å². The van der Waals surface area contributed by atoms with E-state index in [1.54, 1.807) is 55.5 Å². The molecule has 0 atom stereocenters. The van der Waals surface area contributed by atoms with Crippen LogP contribution in [-0.4, -0.2) is 83.4 Å². The Bertz CT molecular complexity index is 4360. The molecule has 8 aromatic carbocycles. The number of benzene rings is 8. The lowest BCUT2D eigenvalue weighted by molar-refractivity contribution is 0.282. The zero-order valence-corrected chi connectivity index (χ0v) is 42.5. The molecule has 6 N–H and O–H groups in total. The number of rotatable bonds is 16. The highest BCUT2D eigenvalue weighted by molar-refractivity contribution is 7.87. The lowest BCUT2D eigenvalue weighted by Gasteiger charge is -2.10. The summed E-state index contributed by atoms with van der Waals surface area (Å²) in [5, 5.41) is 75.7. The van der Waals surface area contributed by atoms with Gasteiger partial charge in [0.05, 0.1) is 60.8 Å². The van der Waals surface area contributed by atoms with Crippen LogP contribution < -0.4 is 9.47 Å². The van der Waals surface area contributed by atoms with Crippen LogP contribution in [0.5, 0.6) is 17.2 Å². The summed E-state index contributed by atoms with van der Waals surface area (Å²) in [6, 6.07) is 28.8. The van der Waals surface area contributed by atoms with Gasteiger partial charge in [0.25, 0.3) is 30.4 Å². The molecule has 28 heteroatoms. The van der Waals surface area contributed by atoms with Crippen molar-refractivity contribution in [3.63, 3.8) is 0 Å². The Morgan fingerprint density at radius 3 is 1.69 bits per heavy atom. The first-order chi connectivity index (χ1) is 36.7. The first-order valence-electron chi connectivity index (χ1n) is 22.2. The van der Waals surface area contributed by atoms with Crippen LogP contribution in [0.25, 0.3) is 38.3 Å². The number of aromatic nitrogens is 3. The molecule has 0 saturated carbocycles. The maximum absolute atomic E-state index is 12.2. The van der Waals surface area contributed by atoms with Crippen molar-refractivity contribution in [2.45, 2.75) is 34.8 Å². The molecule has 9 aromatic rings. The van der Waals surface area contributed by atoms with Crippen molar-refractivity contribution in [1.82, 2.24) is 15.0 Å². The summed E-state index contributed by atoms with van der Waals surface area (Å²) in [7, 11) is -11.6. The highest BCUT2D eigenvalue weighted by Gasteiger charge is 2.24. The topological polar surface area (TPSA) is 372 Å². The average molecular weight is 1100 g/mol. The number of nitrogens with zero attached hydrogens (tertiary/aromatic N) is 11. The predicted molar refractivity (Wildman–Crippen MR) is 277 cm³/mol. The molecule has 0 amide bonds. The minimum atomic E-state index is -4.94. The molecule has 0 aliphatic heterocycles. The summed E-state index contributed by atoms with van der Waals surface area (Å²) >= 11 is 0. The van der Waals surface area contributed by atoms with Crippen molar-refractivity contribution in [1.29, 1.82) is 0 Å². The van der Waals surface area contributed by atoms with E-state index >= 15 is 0 Å². The molecule has 0 saturated heterocycles. The SMILES string of the molecule is COc1cc(N=Nc2ccc(N=Nc3ccccc3S(=O)(=O)O)c(C)c2)c(CO)cc1N=Nc1cc(OC)c(N=Nc2ccc3cc(-n4nc5ccc6c(S(=O)(=O)O)cc(S(=O)(=O)O)cc6c5n4)ccc3c2O)cc1CO. The van der Waals surface area contributed by atoms with E-state index < -0.39 is 53.4 Å². The molecule has 0 aliphatic rings. The van der Waals surface area contributed by atoms with Crippen molar-refractivity contribution in [2.75, 3.05) is 14.2 Å². The first-order valence-corrected chi connectivity index (χ1v) is 26.5. The van der Waals surface area contributed by atoms with Gasteiger partial charge in [0.1, 0.15) is 55.1 Å². The molecule has 1 heterocycles. The van der Waals surface area contributed by atoms with E-state index in [9.17, 15) is 54.2 Å². The fourth-order valence-electron chi connectivity index (χ4n) is 7.86. The number of aliphatic hydroxyl groups excluding tert-OH is 2. The quantitative estimate of drug-likeness (QED) is 0.0387. The third-order valence-electron chi connectivity index (χ3n) is 11.7. The molecule has 77 heavy (non-hydrogen) atoms. The Kier molecular flexibility index (Phi) is 14.5. The van der Waals surface area contributed by atoms with Crippen LogP contribution in [0.4, 0.5) is 45.5 Å². The van der Waals surface area contributed by atoms with Crippen LogP contribution in [0.2, 0.25) is 0 Å². The summed E-state index contributed by atoms with van der Waals surface area (Å²) in [5.74, 6) is 0.140. The number of ether oxygens (including phenoxy) is 2. The number of phenols is 1. The zero-order valence-electron chi connectivity index (χ0n) is 40.1. The molecule has 0 unspecified atom stereocenters. The van der Waals surface area contributed by atoms with E-state index in [1.807, 2.05) is 0 Å². The zero-order chi connectivity index (χ0) is 55.0. The van der Waals surface area contributed by atoms with E-state index in [4.69, 9.17) is 9.47 Å². The summed E-state index contributed by atoms with van der Waals surface area (Å²) in [4.78, 5) is -0.719. The lowest BCUT2D eigenvalue weighted by Crippen LogP contribution is -2.04. The standard InChI is InChI=1S/C49H39N11O14S3/c1-26-16-30(9-14-36(26)51-52-37-6-4-5-7-46(37)76(67,68)69)50-54-40-22-44(73-2)43(18-28(40)24-61)57-55-41-23-45(74-3)42(19-29(41)25-62)56-53-39-13-8-27-17-31(10-11-33(27)49(39)63)60-58-38-15-12-34-35(48(38)59-60)20-32(75(64,65)66)21-47(34)77(70,71)72/h4-23,61-63H,24-25H2,1-3H3,(H,64,65,66)(H,67,68,69)(H,70,71,72). The van der Waals surface area contributed by atoms with Crippen LogP contribution >= 0.6 is 0 Å². The number of azo groups is 4. The second-order valence-electron chi connectivity index (χ2n) is 16.6. The summed E-state index contributed by atoms with van der Waals surface area (Å²) in [6.45, 7) is 0.757. The summed E-state index contributed by atoms with van der Waals surface area (Å²) < 4.78 is 112. The largest absolute Gasteiger partial charge is 0.505 e. The molecule has 9 rings (SSSR count). The molecule has 0 spiro atoms. The number of hydrogen-bond donors (Lipinski definition) is 6. The maximum Gasteiger partial charge on any atom is 0.296 e. The van der Waals surface area contributed by atoms with Gasteiger partial charge in [-0.1, -0.05) is 24.3 Å². The average Bonchev–Trinajstić information content (AvgIpc) is 3.90. The van der Waals surface area contributed by atoms with Crippen molar-refractivity contribution in [3.05, 3.63) is 138 Å². The molecule has 25 nitrogen and oxygen atoms in total. The number of hydrogen-bond acceptors (Lipinski definition) is 21. The van der Waals surface area contributed by atoms with Crippen molar-refractivity contribution >= 4 is 108 Å². The summed E-state index contributed by atoms with van der Waals surface area (Å²) in [6.07, 6.45) is 0. The molecule has 1 aromatic heterocycles. The fraction of sp³-hybridized carbons (Fsp3) is 0.102. The Labute approximate surface area is 436 Å². The summed E-state index contributed by atoms with van der Waals surface area (Å²) in [5.41, 5.74) is 3.48.